The standard InChI is InChI=1S/C13H25N5/c14-16-13(15-11-4-1-2-5-11)18-9-8-17-7-3-6-12(17)10-18/h11-12H,1-10,14H2,(H,15,16). The van der Waals surface area contributed by atoms with Crippen LogP contribution >= 0.6 is 0 Å². The fraction of sp³-hybridized carbons (Fsp3) is 0.923. The van der Waals surface area contributed by atoms with Crippen molar-refractivity contribution in [1.82, 2.24) is 15.2 Å². The lowest BCUT2D eigenvalue weighted by molar-refractivity contribution is 0.148. The van der Waals surface area contributed by atoms with Crippen LogP contribution in [0.25, 0.3) is 0 Å². The summed E-state index contributed by atoms with van der Waals surface area (Å²) in [5.41, 5.74) is 2.84. The minimum atomic E-state index is 0.498. The smallest absolute Gasteiger partial charge is 0.208 e. The van der Waals surface area contributed by atoms with Gasteiger partial charge in [0.15, 0.2) is 0 Å². The molecule has 0 radical (unpaired) electrons. The van der Waals surface area contributed by atoms with Crippen molar-refractivity contribution in [3.05, 3.63) is 0 Å². The van der Waals surface area contributed by atoms with E-state index in [1.165, 1.54) is 45.1 Å². The van der Waals surface area contributed by atoms with E-state index in [2.05, 4.69) is 15.2 Å². The number of guanidine groups is 1. The number of hydrazine groups is 1. The maximum Gasteiger partial charge on any atom is 0.208 e. The largest absolute Gasteiger partial charge is 0.339 e. The van der Waals surface area contributed by atoms with Crippen molar-refractivity contribution in [2.24, 2.45) is 10.8 Å². The van der Waals surface area contributed by atoms with E-state index in [1.807, 2.05) is 0 Å². The highest BCUT2D eigenvalue weighted by Crippen LogP contribution is 2.23. The Kier molecular flexibility index (Phi) is 3.70. The summed E-state index contributed by atoms with van der Waals surface area (Å²) in [5, 5.41) is 0. The molecule has 1 atom stereocenters. The number of piperazine rings is 1. The minimum Gasteiger partial charge on any atom is -0.339 e. The maximum atomic E-state index is 5.68. The van der Waals surface area contributed by atoms with Gasteiger partial charge in [0.1, 0.15) is 0 Å². The lowest BCUT2D eigenvalue weighted by Crippen LogP contribution is -2.56. The Balaban J connectivity index is 1.64. The zero-order chi connectivity index (χ0) is 12.4. The summed E-state index contributed by atoms with van der Waals surface area (Å²) >= 11 is 0. The molecule has 1 unspecified atom stereocenters. The second kappa shape index (κ2) is 5.45. The molecule has 5 nitrogen and oxygen atoms in total. The minimum absolute atomic E-state index is 0.498. The number of nitrogens with two attached hydrogens (primary N) is 1. The third-order valence-corrected chi connectivity index (χ3v) is 4.65. The molecular weight excluding hydrogens is 226 g/mol. The van der Waals surface area contributed by atoms with Crippen molar-refractivity contribution in [3.8, 4) is 0 Å². The van der Waals surface area contributed by atoms with Crippen molar-refractivity contribution in [2.45, 2.75) is 50.6 Å². The van der Waals surface area contributed by atoms with Gasteiger partial charge in [0.05, 0.1) is 6.04 Å². The molecule has 2 heterocycles. The fourth-order valence-electron chi connectivity index (χ4n) is 3.60. The second-order valence-electron chi connectivity index (χ2n) is 5.81. The third kappa shape index (κ3) is 2.47. The first-order valence-corrected chi connectivity index (χ1v) is 7.40. The summed E-state index contributed by atoms with van der Waals surface area (Å²) in [6.07, 6.45) is 7.79. The molecule has 3 aliphatic rings. The van der Waals surface area contributed by atoms with Crippen LogP contribution in [-0.2, 0) is 0 Å². The molecule has 0 aromatic rings. The molecule has 0 aromatic heterocycles. The van der Waals surface area contributed by atoms with E-state index in [9.17, 15) is 0 Å². The van der Waals surface area contributed by atoms with Crippen LogP contribution in [0.15, 0.2) is 4.99 Å². The summed E-state index contributed by atoms with van der Waals surface area (Å²) < 4.78 is 0. The van der Waals surface area contributed by atoms with Crippen LogP contribution in [0, 0.1) is 0 Å². The molecule has 0 spiro atoms. The van der Waals surface area contributed by atoms with E-state index < -0.39 is 0 Å². The number of hydrogen-bond donors (Lipinski definition) is 2. The Labute approximate surface area is 109 Å². The Morgan fingerprint density at radius 2 is 1.89 bits per heavy atom. The molecule has 0 aromatic carbocycles. The van der Waals surface area contributed by atoms with Gasteiger partial charge in [-0.25, -0.2) is 10.8 Å². The van der Waals surface area contributed by atoms with Gasteiger partial charge in [-0.1, -0.05) is 12.8 Å². The van der Waals surface area contributed by atoms with Crippen LogP contribution < -0.4 is 11.3 Å². The number of aliphatic imine (C=N–C) groups is 1. The van der Waals surface area contributed by atoms with Gasteiger partial charge in [-0.05, 0) is 32.2 Å². The van der Waals surface area contributed by atoms with Crippen molar-refractivity contribution < 1.29 is 0 Å². The van der Waals surface area contributed by atoms with Gasteiger partial charge in [-0.15, -0.1) is 0 Å². The molecule has 2 saturated heterocycles. The van der Waals surface area contributed by atoms with Gasteiger partial charge in [0.25, 0.3) is 0 Å². The maximum absolute atomic E-state index is 5.68. The number of rotatable bonds is 1. The van der Waals surface area contributed by atoms with Crippen LogP contribution in [0.2, 0.25) is 0 Å². The molecule has 0 bridgehead atoms. The quantitative estimate of drug-likeness (QED) is 0.309. The lowest BCUT2D eigenvalue weighted by atomic mass is 10.1. The summed E-state index contributed by atoms with van der Waals surface area (Å²) in [7, 11) is 0. The molecular formula is C13H25N5. The fourth-order valence-corrected chi connectivity index (χ4v) is 3.60. The van der Waals surface area contributed by atoms with Gasteiger partial charge in [-0.3, -0.25) is 10.3 Å². The number of nitrogens with zero attached hydrogens (tertiary/aromatic N) is 3. The van der Waals surface area contributed by atoms with Gasteiger partial charge in [0.2, 0.25) is 5.96 Å². The Hall–Kier alpha value is -0.810. The molecule has 3 N–H and O–H groups in total. The number of fused-ring (bicyclic) bond motifs is 1. The normalized spacial score (nSPS) is 30.8. The molecule has 0 amide bonds. The second-order valence-corrected chi connectivity index (χ2v) is 5.81. The molecule has 102 valence electrons. The zero-order valence-electron chi connectivity index (χ0n) is 11.1. The molecule has 1 saturated carbocycles. The van der Waals surface area contributed by atoms with Crippen LogP contribution in [0.4, 0.5) is 0 Å². The van der Waals surface area contributed by atoms with Crippen LogP contribution in [-0.4, -0.2) is 54.0 Å². The Bertz CT molecular complexity index is 311. The van der Waals surface area contributed by atoms with E-state index in [4.69, 9.17) is 10.8 Å². The topological polar surface area (TPSA) is 56.9 Å². The van der Waals surface area contributed by atoms with Crippen molar-refractivity contribution in [1.29, 1.82) is 0 Å². The molecule has 3 rings (SSSR count). The van der Waals surface area contributed by atoms with Gasteiger partial charge in [-0.2, -0.15) is 0 Å². The predicted molar refractivity (Wildman–Crippen MR) is 73.2 cm³/mol. The third-order valence-electron chi connectivity index (χ3n) is 4.65. The van der Waals surface area contributed by atoms with Crippen molar-refractivity contribution in [2.75, 3.05) is 26.2 Å². The first kappa shape index (κ1) is 12.2. The number of hydrogen-bond acceptors (Lipinski definition) is 3. The summed E-state index contributed by atoms with van der Waals surface area (Å²) in [6.45, 7) is 4.60. The highest BCUT2D eigenvalue weighted by Gasteiger charge is 2.32. The average Bonchev–Trinajstić information content (AvgIpc) is 3.06. The highest BCUT2D eigenvalue weighted by molar-refractivity contribution is 5.79. The zero-order valence-corrected chi connectivity index (χ0v) is 11.1. The SMILES string of the molecule is NNC(=NC1CCCC1)N1CCN2CCCC2C1. The molecule has 18 heavy (non-hydrogen) atoms. The summed E-state index contributed by atoms with van der Waals surface area (Å²) in [6, 6.07) is 1.22. The van der Waals surface area contributed by atoms with Gasteiger partial charge >= 0.3 is 0 Å². The van der Waals surface area contributed by atoms with E-state index in [1.54, 1.807) is 0 Å². The van der Waals surface area contributed by atoms with Crippen LogP contribution in [0.3, 0.4) is 0 Å². The van der Waals surface area contributed by atoms with E-state index in [0.29, 0.717) is 6.04 Å². The lowest BCUT2D eigenvalue weighted by Gasteiger charge is -2.38. The monoisotopic (exact) mass is 251 g/mol. The Morgan fingerprint density at radius 1 is 1.06 bits per heavy atom. The van der Waals surface area contributed by atoms with Crippen LogP contribution in [0.5, 0.6) is 0 Å². The van der Waals surface area contributed by atoms with Crippen molar-refractivity contribution in [3.63, 3.8) is 0 Å². The highest BCUT2D eigenvalue weighted by atomic mass is 15.4. The predicted octanol–water partition coefficient (Wildman–Crippen LogP) is 0.528. The van der Waals surface area contributed by atoms with Crippen molar-refractivity contribution >= 4 is 5.96 Å². The van der Waals surface area contributed by atoms with Crippen LogP contribution in [0.1, 0.15) is 38.5 Å². The van der Waals surface area contributed by atoms with E-state index in [0.717, 1.165) is 31.6 Å². The molecule has 3 fully saturated rings. The summed E-state index contributed by atoms with van der Waals surface area (Å²) in [5.74, 6) is 6.61. The molecule has 5 heteroatoms. The average molecular weight is 251 g/mol. The number of nitrogens with one attached hydrogen (secondary N) is 1. The molecule has 1 aliphatic carbocycles. The van der Waals surface area contributed by atoms with E-state index >= 15 is 0 Å². The first-order valence-electron chi connectivity index (χ1n) is 7.40. The van der Waals surface area contributed by atoms with Gasteiger partial charge < -0.3 is 4.90 Å². The Morgan fingerprint density at radius 3 is 2.67 bits per heavy atom. The molecule has 2 aliphatic heterocycles. The first-order chi connectivity index (χ1) is 8.86. The van der Waals surface area contributed by atoms with Gasteiger partial charge in [0, 0.05) is 25.7 Å². The van der Waals surface area contributed by atoms with E-state index in [-0.39, 0.29) is 0 Å². The summed E-state index contributed by atoms with van der Waals surface area (Å²) in [4.78, 5) is 9.78.